The third kappa shape index (κ3) is 4.31. The first-order chi connectivity index (χ1) is 10.6. The maximum absolute atomic E-state index is 12.6. The van der Waals surface area contributed by atoms with E-state index in [9.17, 15) is 9.59 Å². The van der Waals surface area contributed by atoms with Crippen LogP contribution in [0.15, 0.2) is 30.3 Å². The molecule has 1 aromatic carbocycles. The van der Waals surface area contributed by atoms with Gasteiger partial charge in [0.15, 0.2) is 0 Å². The standard InChI is InChI=1S/C17H25N3O2/c1-13(18)10-11-19-17(22)16(14-7-3-2-4-8-14)20-12-6-5-9-15(20)21/h2-4,7-8,13,16H,5-6,9-12,18H2,1H3,(H,19,22). The highest BCUT2D eigenvalue weighted by atomic mass is 16.2. The second kappa shape index (κ2) is 7.94. The third-order valence-electron chi connectivity index (χ3n) is 3.93. The van der Waals surface area contributed by atoms with E-state index in [4.69, 9.17) is 5.73 Å². The Balaban J connectivity index is 2.14. The fraction of sp³-hybridized carbons (Fsp3) is 0.529. The van der Waals surface area contributed by atoms with E-state index in [0.29, 0.717) is 19.5 Å². The van der Waals surface area contributed by atoms with Crippen molar-refractivity contribution in [2.75, 3.05) is 13.1 Å². The highest BCUT2D eigenvalue weighted by Crippen LogP contribution is 2.25. The molecular formula is C17H25N3O2. The minimum atomic E-state index is -0.540. The molecule has 1 aromatic rings. The smallest absolute Gasteiger partial charge is 0.247 e. The molecule has 1 heterocycles. The molecule has 0 spiro atoms. The summed E-state index contributed by atoms with van der Waals surface area (Å²) in [6.07, 6.45) is 3.10. The van der Waals surface area contributed by atoms with Gasteiger partial charge in [-0.1, -0.05) is 30.3 Å². The molecule has 1 saturated heterocycles. The minimum Gasteiger partial charge on any atom is -0.354 e. The lowest BCUT2D eigenvalue weighted by Gasteiger charge is -2.34. The number of hydrogen-bond donors (Lipinski definition) is 2. The van der Waals surface area contributed by atoms with Crippen molar-refractivity contribution in [1.29, 1.82) is 0 Å². The van der Waals surface area contributed by atoms with E-state index < -0.39 is 6.04 Å². The zero-order valence-corrected chi connectivity index (χ0v) is 13.1. The van der Waals surface area contributed by atoms with Gasteiger partial charge in [-0.15, -0.1) is 0 Å². The van der Waals surface area contributed by atoms with Crippen LogP contribution in [0.5, 0.6) is 0 Å². The highest BCUT2D eigenvalue weighted by Gasteiger charge is 2.32. The van der Waals surface area contributed by atoms with Gasteiger partial charge in [-0.05, 0) is 31.7 Å². The summed E-state index contributed by atoms with van der Waals surface area (Å²) in [5.41, 5.74) is 6.57. The maximum Gasteiger partial charge on any atom is 0.247 e. The van der Waals surface area contributed by atoms with Crippen molar-refractivity contribution in [3.05, 3.63) is 35.9 Å². The van der Waals surface area contributed by atoms with Crippen molar-refractivity contribution in [3.8, 4) is 0 Å². The average molecular weight is 303 g/mol. The summed E-state index contributed by atoms with van der Waals surface area (Å²) in [6.45, 7) is 3.08. The average Bonchev–Trinajstić information content (AvgIpc) is 2.50. The molecule has 2 rings (SSSR count). The molecule has 0 saturated carbocycles. The van der Waals surface area contributed by atoms with Gasteiger partial charge in [0, 0.05) is 25.6 Å². The number of likely N-dealkylation sites (tertiary alicyclic amines) is 1. The fourth-order valence-corrected chi connectivity index (χ4v) is 2.73. The minimum absolute atomic E-state index is 0.0482. The summed E-state index contributed by atoms with van der Waals surface area (Å²) >= 11 is 0. The number of hydrogen-bond acceptors (Lipinski definition) is 3. The van der Waals surface area contributed by atoms with Gasteiger partial charge in [0.2, 0.25) is 11.8 Å². The Bertz CT molecular complexity index is 502. The van der Waals surface area contributed by atoms with Crippen LogP contribution in [0.2, 0.25) is 0 Å². The van der Waals surface area contributed by atoms with Gasteiger partial charge < -0.3 is 16.0 Å². The van der Waals surface area contributed by atoms with Crippen molar-refractivity contribution in [1.82, 2.24) is 10.2 Å². The molecule has 2 unspecified atom stereocenters. The summed E-state index contributed by atoms with van der Waals surface area (Å²) in [5, 5.41) is 2.92. The molecule has 120 valence electrons. The quantitative estimate of drug-likeness (QED) is 0.838. The number of amides is 2. The summed E-state index contributed by atoms with van der Waals surface area (Å²) < 4.78 is 0. The topological polar surface area (TPSA) is 75.4 Å². The van der Waals surface area contributed by atoms with Gasteiger partial charge in [0.05, 0.1) is 0 Å². The van der Waals surface area contributed by atoms with Gasteiger partial charge >= 0.3 is 0 Å². The number of nitrogens with two attached hydrogens (primary N) is 1. The first kappa shape index (κ1) is 16.5. The fourth-order valence-electron chi connectivity index (χ4n) is 2.73. The van der Waals surface area contributed by atoms with Gasteiger partial charge in [-0.3, -0.25) is 9.59 Å². The summed E-state index contributed by atoms with van der Waals surface area (Å²) in [6, 6.07) is 9.01. The molecule has 3 N–H and O–H groups in total. The number of carbonyl (C=O) groups excluding carboxylic acids is 2. The van der Waals surface area contributed by atoms with Crippen LogP contribution in [0.3, 0.4) is 0 Å². The SMILES string of the molecule is CC(N)CCNC(=O)C(c1ccccc1)N1CCCCC1=O. The summed E-state index contributed by atoms with van der Waals surface area (Å²) in [4.78, 5) is 26.6. The monoisotopic (exact) mass is 303 g/mol. The number of carbonyl (C=O) groups is 2. The molecule has 0 aliphatic carbocycles. The largest absolute Gasteiger partial charge is 0.354 e. The first-order valence-corrected chi connectivity index (χ1v) is 7.97. The van der Waals surface area contributed by atoms with Crippen LogP contribution in [-0.4, -0.2) is 35.8 Å². The van der Waals surface area contributed by atoms with Gasteiger partial charge in [0.25, 0.3) is 0 Å². The Hall–Kier alpha value is -1.88. The molecule has 0 aromatic heterocycles. The van der Waals surface area contributed by atoms with E-state index in [1.807, 2.05) is 37.3 Å². The molecule has 22 heavy (non-hydrogen) atoms. The molecule has 1 aliphatic rings. The lowest BCUT2D eigenvalue weighted by Crippen LogP contribution is -2.46. The Kier molecular flexibility index (Phi) is 5.95. The van der Waals surface area contributed by atoms with Crippen LogP contribution in [0, 0.1) is 0 Å². The van der Waals surface area contributed by atoms with Crippen LogP contribution in [0.1, 0.15) is 44.2 Å². The van der Waals surface area contributed by atoms with E-state index >= 15 is 0 Å². The van der Waals surface area contributed by atoms with E-state index in [1.54, 1.807) is 4.90 Å². The van der Waals surface area contributed by atoms with E-state index in [2.05, 4.69) is 5.32 Å². The lowest BCUT2D eigenvalue weighted by molar-refractivity contribution is -0.142. The second-order valence-corrected chi connectivity index (χ2v) is 5.91. The molecular weight excluding hydrogens is 278 g/mol. The van der Waals surface area contributed by atoms with Crippen LogP contribution < -0.4 is 11.1 Å². The number of piperidine rings is 1. The van der Waals surface area contributed by atoms with Gasteiger partial charge in [-0.25, -0.2) is 0 Å². The number of rotatable bonds is 6. The third-order valence-corrected chi connectivity index (χ3v) is 3.93. The zero-order valence-electron chi connectivity index (χ0n) is 13.1. The molecule has 0 radical (unpaired) electrons. The van der Waals surface area contributed by atoms with Gasteiger partial charge in [-0.2, -0.15) is 0 Å². The molecule has 5 nitrogen and oxygen atoms in total. The van der Waals surface area contributed by atoms with Gasteiger partial charge in [0.1, 0.15) is 6.04 Å². The normalized spacial score (nSPS) is 17.9. The van der Waals surface area contributed by atoms with Crippen molar-refractivity contribution in [2.45, 2.75) is 44.7 Å². The summed E-state index contributed by atoms with van der Waals surface area (Å²) in [5.74, 6) is -0.0652. The predicted octanol–water partition coefficient (Wildman–Crippen LogP) is 1.59. The van der Waals surface area contributed by atoms with E-state index in [1.165, 1.54) is 0 Å². The molecule has 1 aliphatic heterocycles. The second-order valence-electron chi connectivity index (χ2n) is 5.91. The number of nitrogens with zero attached hydrogens (tertiary/aromatic N) is 1. The Morgan fingerprint density at radius 1 is 1.32 bits per heavy atom. The molecule has 1 fully saturated rings. The molecule has 2 atom stereocenters. The van der Waals surface area contributed by atoms with E-state index in [-0.39, 0.29) is 17.9 Å². The van der Waals surface area contributed by atoms with Crippen molar-refractivity contribution in [2.24, 2.45) is 5.73 Å². The molecule has 2 amide bonds. The Morgan fingerprint density at radius 3 is 2.68 bits per heavy atom. The molecule has 0 bridgehead atoms. The van der Waals surface area contributed by atoms with E-state index in [0.717, 1.165) is 24.8 Å². The lowest BCUT2D eigenvalue weighted by atomic mass is 10.0. The van der Waals surface area contributed by atoms with Crippen LogP contribution in [0.4, 0.5) is 0 Å². The van der Waals surface area contributed by atoms with Crippen molar-refractivity contribution in [3.63, 3.8) is 0 Å². The number of benzene rings is 1. The van der Waals surface area contributed by atoms with Crippen LogP contribution in [0.25, 0.3) is 0 Å². The van der Waals surface area contributed by atoms with Crippen molar-refractivity contribution >= 4 is 11.8 Å². The zero-order chi connectivity index (χ0) is 15.9. The van der Waals surface area contributed by atoms with Crippen molar-refractivity contribution < 1.29 is 9.59 Å². The first-order valence-electron chi connectivity index (χ1n) is 7.97. The number of nitrogens with one attached hydrogen (secondary N) is 1. The highest BCUT2D eigenvalue weighted by molar-refractivity contribution is 5.89. The van der Waals surface area contributed by atoms with Crippen LogP contribution in [-0.2, 0) is 9.59 Å². The Labute approximate surface area is 131 Å². The van der Waals surface area contributed by atoms with Crippen LogP contribution >= 0.6 is 0 Å². The maximum atomic E-state index is 12.6. The summed E-state index contributed by atoms with van der Waals surface area (Å²) in [7, 11) is 0. The predicted molar refractivity (Wildman–Crippen MR) is 86.0 cm³/mol. The molecule has 5 heteroatoms. The Morgan fingerprint density at radius 2 is 2.05 bits per heavy atom.